The molecule has 31 heavy (non-hydrogen) atoms. The van der Waals surface area contributed by atoms with Crippen LogP contribution >= 0.6 is 0 Å². The molecule has 168 valence electrons. The van der Waals surface area contributed by atoms with Crippen LogP contribution in [0.4, 0.5) is 5.69 Å². The van der Waals surface area contributed by atoms with Gasteiger partial charge in [0.2, 0.25) is 11.8 Å². The van der Waals surface area contributed by atoms with Gasteiger partial charge in [-0.1, -0.05) is 19.9 Å². The van der Waals surface area contributed by atoms with Gasteiger partial charge in [-0.3, -0.25) is 9.59 Å². The monoisotopic (exact) mass is 424 g/mol. The molecule has 4 fully saturated rings. The van der Waals surface area contributed by atoms with Gasteiger partial charge in [0, 0.05) is 36.6 Å². The first-order chi connectivity index (χ1) is 14.8. The third-order valence-corrected chi connectivity index (χ3v) is 9.44. The molecule has 0 radical (unpaired) electrons. The first-order valence-corrected chi connectivity index (χ1v) is 12.1. The topological polar surface area (TPSA) is 67.4 Å². The number of rotatable bonds is 3. The highest BCUT2D eigenvalue weighted by Crippen LogP contribution is 2.64. The maximum Gasteiger partial charge on any atom is 0.221 e. The standard InChI is InChI=1S/C26H36N2O3/c1-16(29)27-17-5-4-6-18(15-17)31-23-10-8-20-19-7-9-22-25(2,14-12-24(30)28-22)21(19)11-13-26(20,23)3/h4-6,15,19-23H,7-14H2,1-3H3,(H,27,29)(H,28,30)/t19-,20-,21-,22?,23-,25+,26-/m0/s1. The number of piperidine rings is 1. The van der Waals surface area contributed by atoms with Crippen LogP contribution in [-0.4, -0.2) is 24.0 Å². The van der Waals surface area contributed by atoms with E-state index in [0.29, 0.717) is 24.3 Å². The maximum atomic E-state index is 12.0. The number of carbonyl (C=O) groups excluding carboxylic acids is 2. The van der Waals surface area contributed by atoms with Crippen LogP contribution < -0.4 is 15.4 Å². The molecular weight excluding hydrogens is 388 g/mol. The number of anilines is 1. The van der Waals surface area contributed by atoms with E-state index < -0.39 is 0 Å². The molecule has 1 aliphatic heterocycles. The van der Waals surface area contributed by atoms with Gasteiger partial charge in [0.25, 0.3) is 0 Å². The predicted octanol–water partition coefficient (Wildman–Crippen LogP) is 4.91. The SMILES string of the molecule is CC(=O)Nc1cccc(O[C@H]2CC[C@H]3[C@@H]4CCC5NC(=O)CC[C@]5(C)[C@H]4CC[C@]23C)c1. The van der Waals surface area contributed by atoms with Crippen molar-refractivity contribution in [3.63, 3.8) is 0 Å². The molecule has 1 heterocycles. The van der Waals surface area contributed by atoms with Gasteiger partial charge in [-0.15, -0.1) is 0 Å². The van der Waals surface area contributed by atoms with Gasteiger partial charge in [0.1, 0.15) is 11.9 Å². The molecule has 5 nitrogen and oxygen atoms in total. The first kappa shape index (κ1) is 20.8. The van der Waals surface area contributed by atoms with Crippen LogP contribution in [0, 0.1) is 28.6 Å². The van der Waals surface area contributed by atoms with E-state index in [2.05, 4.69) is 24.5 Å². The zero-order valence-corrected chi connectivity index (χ0v) is 19.1. The molecule has 2 amide bonds. The second-order valence-corrected chi connectivity index (χ2v) is 11.0. The van der Waals surface area contributed by atoms with Gasteiger partial charge in [-0.25, -0.2) is 0 Å². The molecule has 1 saturated heterocycles. The van der Waals surface area contributed by atoms with Crippen LogP contribution in [0.5, 0.6) is 5.75 Å². The zero-order chi connectivity index (χ0) is 21.8. The van der Waals surface area contributed by atoms with Crippen molar-refractivity contribution >= 4 is 17.5 Å². The van der Waals surface area contributed by atoms with Crippen molar-refractivity contribution in [2.75, 3.05) is 5.32 Å². The summed E-state index contributed by atoms with van der Waals surface area (Å²) in [6, 6.07) is 8.17. The molecule has 1 aromatic carbocycles. The second kappa shape index (κ2) is 7.53. The summed E-state index contributed by atoms with van der Waals surface area (Å²) in [4.78, 5) is 23.4. The molecule has 3 saturated carbocycles. The molecule has 3 aliphatic carbocycles. The minimum absolute atomic E-state index is 0.0636. The number of hydrogen-bond donors (Lipinski definition) is 2. The molecule has 5 heteroatoms. The Labute approximate surface area is 185 Å². The number of hydrogen-bond acceptors (Lipinski definition) is 3. The molecule has 5 rings (SSSR count). The molecule has 0 bridgehead atoms. The summed E-state index contributed by atoms with van der Waals surface area (Å²) in [5, 5.41) is 6.19. The van der Waals surface area contributed by atoms with Crippen LogP contribution in [-0.2, 0) is 9.59 Å². The fourth-order valence-electron chi connectivity index (χ4n) is 7.86. The Morgan fingerprint density at radius 3 is 2.68 bits per heavy atom. The zero-order valence-electron chi connectivity index (χ0n) is 19.1. The van der Waals surface area contributed by atoms with E-state index in [1.807, 2.05) is 24.3 Å². The van der Waals surface area contributed by atoms with Crippen molar-refractivity contribution < 1.29 is 14.3 Å². The Morgan fingerprint density at radius 1 is 1.06 bits per heavy atom. The highest BCUT2D eigenvalue weighted by atomic mass is 16.5. The fourth-order valence-corrected chi connectivity index (χ4v) is 7.86. The Hall–Kier alpha value is -2.04. The third kappa shape index (κ3) is 3.44. The lowest BCUT2D eigenvalue weighted by Gasteiger charge is -2.60. The highest BCUT2D eigenvalue weighted by molar-refractivity contribution is 5.88. The minimum atomic E-state index is -0.0636. The van der Waals surface area contributed by atoms with E-state index in [1.54, 1.807) is 0 Å². The Morgan fingerprint density at radius 2 is 1.87 bits per heavy atom. The van der Waals surface area contributed by atoms with Crippen LogP contribution in [0.25, 0.3) is 0 Å². The highest BCUT2D eigenvalue weighted by Gasteiger charge is 2.61. The van der Waals surface area contributed by atoms with Gasteiger partial charge < -0.3 is 15.4 Å². The Bertz CT molecular complexity index is 885. The lowest BCUT2D eigenvalue weighted by atomic mass is 9.47. The second-order valence-electron chi connectivity index (χ2n) is 11.0. The van der Waals surface area contributed by atoms with Crippen LogP contribution in [0.2, 0.25) is 0 Å². The number of nitrogens with one attached hydrogen (secondary N) is 2. The van der Waals surface area contributed by atoms with Crippen molar-refractivity contribution in [2.24, 2.45) is 28.6 Å². The van der Waals surface area contributed by atoms with Gasteiger partial charge in [0.05, 0.1) is 0 Å². The molecule has 7 atom stereocenters. The summed E-state index contributed by atoms with van der Waals surface area (Å²) in [7, 11) is 0. The average molecular weight is 425 g/mol. The van der Waals surface area contributed by atoms with Gasteiger partial charge >= 0.3 is 0 Å². The van der Waals surface area contributed by atoms with E-state index in [0.717, 1.165) is 36.6 Å². The number of carbonyl (C=O) groups is 2. The van der Waals surface area contributed by atoms with Crippen LogP contribution in [0.15, 0.2) is 24.3 Å². The van der Waals surface area contributed by atoms with E-state index in [4.69, 9.17) is 4.74 Å². The molecule has 4 aliphatic rings. The van der Waals surface area contributed by atoms with Crippen molar-refractivity contribution in [1.82, 2.24) is 5.32 Å². The van der Waals surface area contributed by atoms with Crippen LogP contribution in [0.3, 0.4) is 0 Å². The van der Waals surface area contributed by atoms with Crippen molar-refractivity contribution in [3.05, 3.63) is 24.3 Å². The molecule has 1 unspecified atom stereocenters. The van der Waals surface area contributed by atoms with E-state index in [1.165, 1.54) is 32.6 Å². The van der Waals surface area contributed by atoms with Gasteiger partial charge in [-0.05, 0) is 80.2 Å². The third-order valence-electron chi connectivity index (χ3n) is 9.44. The predicted molar refractivity (Wildman–Crippen MR) is 121 cm³/mol. The Kier molecular flexibility index (Phi) is 5.06. The summed E-state index contributed by atoms with van der Waals surface area (Å²) in [5.74, 6) is 3.20. The summed E-state index contributed by atoms with van der Waals surface area (Å²) < 4.78 is 6.59. The fraction of sp³-hybridized carbons (Fsp3) is 0.692. The average Bonchev–Trinajstić information content (AvgIpc) is 3.05. The van der Waals surface area contributed by atoms with E-state index in [9.17, 15) is 9.59 Å². The van der Waals surface area contributed by atoms with Gasteiger partial charge in [-0.2, -0.15) is 0 Å². The molecule has 1 aromatic rings. The molecular formula is C26H36N2O3. The number of benzene rings is 1. The lowest BCUT2D eigenvalue weighted by Crippen LogP contribution is -2.61. The van der Waals surface area contributed by atoms with E-state index in [-0.39, 0.29) is 28.7 Å². The number of amides is 2. The number of fused-ring (bicyclic) bond motifs is 5. The van der Waals surface area contributed by atoms with Crippen molar-refractivity contribution in [1.29, 1.82) is 0 Å². The van der Waals surface area contributed by atoms with Gasteiger partial charge in [0.15, 0.2) is 0 Å². The molecule has 0 spiro atoms. The summed E-state index contributed by atoms with van der Waals surface area (Å²) in [5.41, 5.74) is 1.25. The first-order valence-electron chi connectivity index (χ1n) is 12.1. The number of ether oxygens (including phenoxy) is 1. The quantitative estimate of drug-likeness (QED) is 0.724. The Balaban J connectivity index is 1.33. The van der Waals surface area contributed by atoms with E-state index >= 15 is 0 Å². The maximum absolute atomic E-state index is 12.0. The summed E-state index contributed by atoms with van der Waals surface area (Å²) in [6.45, 7) is 6.44. The van der Waals surface area contributed by atoms with Crippen molar-refractivity contribution in [3.8, 4) is 5.75 Å². The molecule has 0 aromatic heterocycles. The smallest absolute Gasteiger partial charge is 0.221 e. The summed E-state index contributed by atoms with van der Waals surface area (Å²) in [6.07, 6.45) is 9.10. The lowest BCUT2D eigenvalue weighted by molar-refractivity contribution is -0.137. The van der Waals surface area contributed by atoms with Crippen molar-refractivity contribution in [2.45, 2.75) is 84.3 Å². The normalized spacial score (nSPS) is 41.4. The van der Waals surface area contributed by atoms with Crippen LogP contribution in [0.1, 0.15) is 72.1 Å². The molecule has 2 N–H and O–H groups in total. The summed E-state index contributed by atoms with van der Waals surface area (Å²) >= 11 is 0. The largest absolute Gasteiger partial charge is 0.490 e. The minimum Gasteiger partial charge on any atom is -0.490 e.